The van der Waals surface area contributed by atoms with Gasteiger partial charge in [-0.25, -0.2) is 9.97 Å². The van der Waals surface area contributed by atoms with Crippen molar-refractivity contribution in [3.05, 3.63) is 46.6 Å². The quantitative estimate of drug-likeness (QED) is 0.774. The Balaban J connectivity index is 1.64. The molecule has 0 spiro atoms. The lowest BCUT2D eigenvalue weighted by atomic mass is 9.96. The lowest BCUT2D eigenvalue weighted by Crippen LogP contribution is -2.38. The Morgan fingerprint density at radius 1 is 1.08 bits per heavy atom. The summed E-state index contributed by atoms with van der Waals surface area (Å²) in [4.78, 5) is 11.8. The lowest BCUT2D eigenvalue weighted by molar-refractivity contribution is 0.122. The van der Waals surface area contributed by atoms with Gasteiger partial charge in [0.05, 0.1) is 35.5 Å². The van der Waals surface area contributed by atoms with Crippen LogP contribution in [0.1, 0.15) is 35.2 Å². The van der Waals surface area contributed by atoms with Crippen molar-refractivity contribution in [1.29, 1.82) is 0 Å². The Hall–Kier alpha value is -1.79. The molecule has 2 aromatic rings. The first kappa shape index (κ1) is 17.6. The molecular formula is C20H25N3O2S. The Labute approximate surface area is 157 Å². The highest BCUT2D eigenvalue weighted by Crippen LogP contribution is 2.29. The number of hydrogen-bond donors (Lipinski definition) is 0. The number of aryl methyl sites for hydroxylation is 2. The lowest BCUT2D eigenvalue weighted by Gasteiger charge is -2.31. The molecule has 0 saturated carbocycles. The zero-order valence-electron chi connectivity index (χ0n) is 15.2. The molecule has 2 heterocycles. The van der Waals surface area contributed by atoms with Crippen LogP contribution in [-0.4, -0.2) is 40.5 Å². The minimum atomic E-state index is -1.23. The molecule has 1 atom stereocenters. The molecule has 6 heteroatoms. The molecule has 1 fully saturated rings. The van der Waals surface area contributed by atoms with E-state index >= 15 is 0 Å². The van der Waals surface area contributed by atoms with Crippen molar-refractivity contribution in [3.8, 4) is 0 Å². The Morgan fingerprint density at radius 2 is 1.81 bits per heavy atom. The average Bonchev–Trinajstić information content (AvgIpc) is 2.69. The number of nitrogens with zero attached hydrogens (tertiary/aromatic N) is 3. The fourth-order valence-electron chi connectivity index (χ4n) is 3.59. The fourth-order valence-corrected chi connectivity index (χ4v) is 4.62. The monoisotopic (exact) mass is 371 g/mol. The summed E-state index contributed by atoms with van der Waals surface area (Å²) in [5.41, 5.74) is 4.62. The number of hydrogen-bond acceptors (Lipinski definition) is 5. The molecule has 1 aromatic heterocycles. The number of fused-ring (bicyclic) bond motifs is 1. The third-order valence-corrected chi connectivity index (χ3v) is 6.26. The minimum absolute atomic E-state index is 0.460. The van der Waals surface area contributed by atoms with Crippen LogP contribution in [-0.2, 0) is 34.1 Å². The second-order valence-corrected chi connectivity index (χ2v) is 8.38. The van der Waals surface area contributed by atoms with E-state index in [-0.39, 0.29) is 0 Å². The first-order valence-electron chi connectivity index (χ1n) is 9.37. The van der Waals surface area contributed by atoms with Crippen LogP contribution in [0.25, 0.3) is 0 Å². The van der Waals surface area contributed by atoms with Crippen LogP contribution in [0.5, 0.6) is 0 Å². The van der Waals surface area contributed by atoms with Gasteiger partial charge in [-0.2, -0.15) is 0 Å². The van der Waals surface area contributed by atoms with Crippen molar-refractivity contribution in [2.24, 2.45) is 0 Å². The fraction of sp³-hybridized carbons (Fsp3) is 0.500. The van der Waals surface area contributed by atoms with E-state index in [9.17, 15) is 4.21 Å². The second-order valence-electron chi connectivity index (χ2n) is 7.04. The van der Waals surface area contributed by atoms with Gasteiger partial charge < -0.3 is 9.64 Å². The minimum Gasteiger partial charge on any atom is -0.378 e. The summed E-state index contributed by atoms with van der Waals surface area (Å²) >= 11 is 0. The van der Waals surface area contributed by atoms with E-state index < -0.39 is 10.8 Å². The molecule has 138 valence electrons. The number of ether oxygens (including phenoxy) is 1. The van der Waals surface area contributed by atoms with Gasteiger partial charge >= 0.3 is 0 Å². The summed E-state index contributed by atoms with van der Waals surface area (Å²) < 4.78 is 18.4. The molecule has 0 N–H and O–H groups in total. The van der Waals surface area contributed by atoms with Gasteiger partial charge in [0.15, 0.2) is 0 Å². The van der Waals surface area contributed by atoms with Crippen molar-refractivity contribution >= 4 is 16.6 Å². The predicted molar refractivity (Wildman–Crippen MR) is 103 cm³/mol. The molecule has 0 amide bonds. The maximum atomic E-state index is 13.0. The summed E-state index contributed by atoms with van der Waals surface area (Å²) in [7, 11) is -1.23. The van der Waals surface area contributed by atoms with Crippen LogP contribution in [0, 0.1) is 6.92 Å². The van der Waals surface area contributed by atoms with E-state index in [0.29, 0.717) is 10.9 Å². The standard InChI is InChI=1S/C20H25N3O2S/c1-15-6-8-16(9-7-15)14-26(24)20-21-18-5-3-2-4-17(18)19(22-20)23-10-12-25-13-11-23/h6-9H,2-5,10-14H2,1H3/t26-/m0/s1. The van der Waals surface area contributed by atoms with E-state index in [1.54, 1.807) is 0 Å². The third-order valence-electron chi connectivity index (χ3n) is 5.07. The second kappa shape index (κ2) is 7.84. The van der Waals surface area contributed by atoms with E-state index in [1.165, 1.54) is 17.5 Å². The van der Waals surface area contributed by atoms with Gasteiger partial charge in [-0.3, -0.25) is 4.21 Å². The van der Waals surface area contributed by atoms with Crippen LogP contribution in [0.2, 0.25) is 0 Å². The van der Waals surface area contributed by atoms with Gasteiger partial charge in [-0.05, 0) is 38.2 Å². The molecule has 4 rings (SSSR count). The number of morpholine rings is 1. The van der Waals surface area contributed by atoms with Crippen molar-refractivity contribution < 1.29 is 8.95 Å². The van der Waals surface area contributed by atoms with E-state index in [1.807, 2.05) is 12.1 Å². The molecule has 0 bridgehead atoms. The number of rotatable bonds is 4. The van der Waals surface area contributed by atoms with Crippen molar-refractivity contribution in [2.45, 2.75) is 43.5 Å². The molecule has 1 aliphatic heterocycles. The van der Waals surface area contributed by atoms with Crippen LogP contribution < -0.4 is 4.90 Å². The highest BCUT2D eigenvalue weighted by atomic mass is 32.2. The van der Waals surface area contributed by atoms with Gasteiger partial charge in [0.1, 0.15) is 5.82 Å². The average molecular weight is 372 g/mol. The summed E-state index contributed by atoms with van der Waals surface area (Å²) in [6, 6.07) is 8.18. The Bertz CT molecular complexity index is 801. The summed E-state index contributed by atoms with van der Waals surface area (Å²) in [6.45, 7) is 5.18. The zero-order chi connectivity index (χ0) is 17.9. The van der Waals surface area contributed by atoms with E-state index in [4.69, 9.17) is 14.7 Å². The SMILES string of the molecule is Cc1ccc(C[S@](=O)c2nc3c(c(N4CCOCC4)n2)CCCC3)cc1. The van der Waals surface area contributed by atoms with Gasteiger partial charge in [0.25, 0.3) is 0 Å². The summed E-state index contributed by atoms with van der Waals surface area (Å²) in [6.07, 6.45) is 4.31. The molecule has 0 radical (unpaired) electrons. The molecule has 5 nitrogen and oxygen atoms in total. The molecular weight excluding hydrogens is 346 g/mol. The van der Waals surface area contributed by atoms with Crippen molar-refractivity contribution in [1.82, 2.24) is 9.97 Å². The van der Waals surface area contributed by atoms with Gasteiger partial charge in [0.2, 0.25) is 5.16 Å². The molecule has 2 aliphatic rings. The molecule has 1 aliphatic carbocycles. The highest BCUT2D eigenvalue weighted by Gasteiger charge is 2.24. The Kier molecular flexibility index (Phi) is 5.31. The molecule has 1 saturated heterocycles. The first-order chi connectivity index (χ1) is 12.7. The van der Waals surface area contributed by atoms with Crippen LogP contribution in [0.3, 0.4) is 0 Å². The van der Waals surface area contributed by atoms with Crippen LogP contribution in [0.4, 0.5) is 5.82 Å². The maximum absolute atomic E-state index is 13.0. The smallest absolute Gasteiger partial charge is 0.221 e. The maximum Gasteiger partial charge on any atom is 0.221 e. The van der Waals surface area contributed by atoms with Crippen molar-refractivity contribution in [3.63, 3.8) is 0 Å². The molecule has 1 aromatic carbocycles. The van der Waals surface area contributed by atoms with Gasteiger partial charge in [-0.1, -0.05) is 29.8 Å². The number of aromatic nitrogens is 2. The van der Waals surface area contributed by atoms with Gasteiger partial charge in [0, 0.05) is 18.7 Å². The molecule has 26 heavy (non-hydrogen) atoms. The summed E-state index contributed by atoms with van der Waals surface area (Å²) in [5, 5.41) is 0.479. The Morgan fingerprint density at radius 3 is 2.58 bits per heavy atom. The van der Waals surface area contributed by atoms with Crippen LogP contribution >= 0.6 is 0 Å². The highest BCUT2D eigenvalue weighted by molar-refractivity contribution is 7.84. The topological polar surface area (TPSA) is 55.3 Å². The summed E-state index contributed by atoms with van der Waals surface area (Å²) in [5.74, 6) is 1.45. The van der Waals surface area contributed by atoms with Crippen molar-refractivity contribution in [2.75, 3.05) is 31.2 Å². The van der Waals surface area contributed by atoms with E-state index in [0.717, 1.165) is 62.6 Å². The zero-order valence-corrected chi connectivity index (χ0v) is 16.1. The number of benzene rings is 1. The third kappa shape index (κ3) is 3.81. The normalized spacial score (nSPS) is 18.4. The largest absolute Gasteiger partial charge is 0.378 e. The number of anilines is 1. The van der Waals surface area contributed by atoms with Gasteiger partial charge in [-0.15, -0.1) is 0 Å². The first-order valence-corrected chi connectivity index (χ1v) is 10.7. The van der Waals surface area contributed by atoms with E-state index in [2.05, 4.69) is 24.0 Å². The predicted octanol–water partition coefficient (Wildman–Crippen LogP) is 2.81. The molecule has 0 unspecified atom stereocenters. The van der Waals surface area contributed by atoms with Crippen LogP contribution in [0.15, 0.2) is 29.4 Å².